The summed E-state index contributed by atoms with van der Waals surface area (Å²) in [5.41, 5.74) is 5.63. The van der Waals surface area contributed by atoms with Crippen LogP contribution >= 0.6 is 0 Å². The summed E-state index contributed by atoms with van der Waals surface area (Å²) in [4.78, 5) is 16.2. The van der Waals surface area contributed by atoms with E-state index in [1.54, 1.807) is 0 Å². The highest BCUT2D eigenvalue weighted by Crippen LogP contribution is 2.11. The van der Waals surface area contributed by atoms with Gasteiger partial charge in [0.05, 0.1) is 6.07 Å². The third-order valence-corrected chi connectivity index (χ3v) is 3.64. The monoisotopic (exact) mass is 252 g/mol. The van der Waals surface area contributed by atoms with Gasteiger partial charge in [-0.2, -0.15) is 5.26 Å². The molecule has 0 bridgehead atoms. The van der Waals surface area contributed by atoms with E-state index < -0.39 is 0 Å². The van der Waals surface area contributed by atoms with Crippen LogP contribution in [0.3, 0.4) is 0 Å². The molecule has 0 aromatic carbocycles. The van der Waals surface area contributed by atoms with Gasteiger partial charge in [0.2, 0.25) is 5.91 Å². The van der Waals surface area contributed by atoms with Crippen LogP contribution in [0.15, 0.2) is 0 Å². The normalized spacial score (nSPS) is 18.4. The number of piperazine rings is 1. The molecule has 1 amide bonds. The lowest BCUT2D eigenvalue weighted by atomic mass is 10.0. The van der Waals surface area contributed by atoms with E-state index >= 15 is 0 Å². The highest BCUT2D eigenvalue weighted by molar-refractivity contribution is 5.76. The van der Waals surface area contributed by atoms with E-state index in [4.69, 9.17) is 11.0 Å². The van der Waals surface area contributed by atoms with Gasteiger partial charge in [-0.05, 0) is 12.5 Å². The summed E-state index contributed by atoms with van der Waals surface area (Å²) in [6.45, 7) is 6.81. The van der Waals surface area contributed by atoms with Crippen LogP contribution in [0.5, 0.6) is 0 Å². The van der Waals surface area contributed by atoms with Gasteiger partial charge in [-0.3, -0.25) is 9.69 Å². The number of carbonyl (C=O) groups excluding carboxylic acids is 1. The van der Waals surface area contributed by atoms with Gasteiger partial charge in [0, 0.05) is 45.6 Å². The quantitative estimate of drug-likeness (QED) is 0.743. The third-order valence-electron chi connectivity index (χ3n) is 3.64. The smallest absolute Gasteiger partial charge is 0.222 e. The second-order valence-corrected chi connectivity index (χ2v) is 4.84. The number of carbonyl (C=O) groups is 1. The molecular weight excluding hydrogens is 228 g/mol. The van der Waals surface area contributed by atoms with E-state index in [0.29, 0.717) is 25.3 Å². The van der Waals surface area contributed by atoms with Crippen molar-refractivity contribution in [2.24, 2.45) is 11.7 Å². The van der Waals surface area contributed by atoms with Gasteiger partial charge in [0.25, 0.3) is 0 Å². The van der Waals surface area contributed by atoms with Crippen molar-refractivity contribution in [3.63, 3.8) is 0 Å². The summed E-state index contributed by atoms with van der Waals surface area (Å²) in [5.74, 6) is 0.543. The molecule has 1 atom stereocenters. The summed E-state index contributed by atoms with van der Waals surface area (Å²) in [6, 6.07) is 2.15. The van der Waals surface area contributed by atoms with Gasteiger partial charge in [-0.15, -0.1) is 0 Å². The molecule has 5 nitrogen and oxygen atoms in total. The summed E-state index contributed by atoms with van der Waals surface area (Å²) >= 11 is 0. The van der Waals surface area contributed by atoms with E-state index in [-0.39, 0.29) is 5.91 Å². The highest BCUT2D eigenvalue weighted by Gasteiger charge is 2.22. The number of hydrogen-bond acceptors (Lipinski definition) is 4. The Morgan fingerprint density at radius 1 is 1.39 bits per heavy atom. The van der Waals surface area contributed by atoms with Gasteiger partial charge in [0.15, 0.2) is 0 Å². The summed E-state index contributed by atoms with van der Waals surface area (Å²) in [7, 11) is 0. The lowest BCUT2D eigenvalue weighted by Gasteiger charge is -2.35. The van der Waals surface area contributed by atoms with Crippen molar-refractivity contribution in [1.29, 1.82) is 5.26 Å². The number of amides is 1. The molecule has 102 valence electrons. The van der Waals surface area contributed by atoms with Crippen LogP contribution in [0, 0.1) is 17.2 Å². The average Bonchev–Trinajstić information content (AvgIpc) is 2.42. The number of rotatable bonds is 6. The molecule has 1 heterocycles. The summed E-state index contributed by atoms with van der Waals surface area (Å²) in [6.07, 6.45) is 2.11. The Labute approximate surface area is 110 Å². The second kappa shape index (κ2) is 8.06. The van der Waals surface area contributed by atoms with Crippen LogP contribution < -0.4 is 5.73 Å². The Bertz CT molecular complexity index is 288. The zero-order chi connectivity index (χ0) is 13.4. The number of hydrogen-bond donors (Lipinski definition) is 1. The van der Waals surface area contributed by atoms with Gasteiger partial charge in [-0.25, -0.2) is 0 Å². The first-order chi connectivity index (χ1) is 8.71. The minimum Gasteiger partial charge on any atom is -0.340 e. The number of nitrogens with two attached hydrogens (primary N) is 1. The van der Waals surface area contributed by atoms with Crippen molar-refractivity contribution < 1.29 is 4.79 Å². The first kappa shape index (κ1) is 14.9. The van der Waals surface area contributed by atoms with Crippen molar-refractivity contribution in [2.75, 3.05) is 39.3 Å². The zero-order valence-electron chi connectivity index (χ0n) is 11.3. The Morgan fingerprint density at radius 2 is 2.06 bits per heavy atom. The maximum atomic E-state index is 12.0. The Kier molecular flexibility index (Phi) is 6.69. The average molecular weight is 252 g/mol. The van der Waals surface area contributed by atoms with E-state index in [0.717, 1.165) is 39.1 Å². The molecule has 1 aliphatic rings. The van der Waals surface area contributed by atoms with E-state index in [1.807, 2.05) is 4.90 Å². The van der Waals surface area contributed by atoms with Gasteiger partial charge in [-0.1, -0.05) is 13.3 Å². The van der Waals surface area contributed by atoms with Crippen LogP contribution in [-0.2, 0) is 4.79 Å². The fourth-order valence-electron chi connectivity index (χ4n) is 2.20. The van der Waals surface area contributed by atoms with E-state index in [2.05, 4.69) is 17.9 Å². The molecule has 1 fully saturated rings. The zero-order valence-corrected chi connectivity index (χ0v) is 11.3. The van der Waals surface area contributed by atoms with E-state index in [1.165, 1.54) is 0 Å². The molecule has 1 unspecified atom stereocenters. The molecule has 2 N–H and O–H groups in total. The van der Waals surface area contributed by atoms with Crippen molar-refractivity contribution in [3.05, 3.63) is 0 Å². The number of nitrogens with zero attached hydrogens (tertiary/aromatic N) is 3. The Balaban J connectivity index is 2.29. The van der Waals surface area contributed by atoms with Gasteiger partial charge < -0.3 is 10.6 Å². The van der Waals surface area contributed by atoms with Gasteiger partial charge >= 0.3 is 0 Å². The minimum absolute atomic E-state index is 0.229. The molecule has 0 saturated carbocycles. The predicted octanol–water partition coefficient (Wildman–Crippen LogP) is 0.419. The topological polar surface area (TPSA) is 73.4 Å². The molecule has 18 heavy (non-hydrogen) atoms. The number of nitriles is 1. The van der Waals surface area contributed by atoms with Crippen LogP contribution in [0.4, 0.5) is 0 Å². The van der Waals surface area contributed by atoms with Crippen LogP contribution in [0.2, 0.25) is 0 Å². The Morgan fingerprint density at radius 3 is 2.56 bits per heavy atom. The molecule has 0 aromatic rings. The lowest BCUT2D eigenvalue weighted by Crippen LogP contribution is -2.49. The first-order valence-corrected chi connectivity index (χ1v) is 6.78. The van der Waals surface area contributed by atoms with Crippen LogP contribution in [-0.4, -0.2) is 55.0 Å². The first-order valence-electron chi connectivity index (χ1n) is 6.78. The highest BCUT2D eigenvalue weighted by atomic mass is 16.2. The van der Waals surface area contributed by atoms with Gasteiger partial charge in [0.1, 0.15) is 0 Å². The van der Waals surface area contributed by atoms with Crippen molar-refractivity contribution >= 4 is 5.91 Å². The minimum atomic E-state index is 0.229. The third kappa shape index (κ3) is 4.63. The van der Waals surface area contributed by atoms with E-state index in [9.17, 15) is 4.79 Å². The molecule has 1 rings (SSSR count). The standard InChI is InChI=1S/C13H24N4O/c1-2-12(11-15)10-13(18)17-8-6-16(7-9-17)5-3-4-14/h12H,2-3,5-11,15H2,1H3. The molecule has 1 aliphatic heterocycles. The molecule has 0 aromatic heterocycles. The molecule has 0 aliphatic carbocycles. The molecule has 1 saturated heterocycles. The molecular formula is C13H24N4O. The van der Waals surface area contributed by atoms with Crippen LogP contribution in [0.1, 0.15) is 26.2 Å². The SMILES string of the molecule is CCC(CN)CC(=O)N1CCN(CCC#N)CC1. The summed E-state index contributed by atoms with van der Waals surface area (Å²) < 4.78 is 0. The fraction of sp³-hybridized carbons (Fsp3) is 0.846. The van der Waals surface area contributed by atoms with Crippen LogP contribution in [0.25, 0.3) is 0 Å². The maximum Gasteiger partial charge on any atom is 0.222 e. The predicted molar refractivity (Wildman–Crippen MR) is 70.7 cm³/mol. The largest absolute Gasteiger partial charge is 0.340 e. The lowest BCUT2D eigenvalue weighted by molar-refractivity contribution is -0.133. The molecule has 0 radical (unpaired) electrons. The Hall–Kier alpha value is -1.12. The van der Waals surface area contributed by atoms with Crippen molar-refractivity contribution in [1.82, 2.24) is 9.80 Å². The summed E-state index contributed by atoms with van der Waals surface area (Å²) in [5, 5.41) is 8.54. The van der Waals surface area contributed by atoms with Crippen molar-refractivity contribution in [3.8, 4) is 6.07 Å². The second-order valence-electron chi connectivity index (χ2n) is 4.84. The van der Waals surface area contributed by atoms with Crippen molar-refractivity contribution in [2.45, 2.75) is 26.2 Å². The molecule has 0 spiro atoms. The molecule has 5 heteroatoms. The fourth-order valence-corrected chi connectivity index (χ4v) is 2.20. The maximum absolute atomic E-state index is 12.0.